The van der Waals surface area contributed by atoms with E-state index < -0.39 is 0 Å². The van der Waals surface area contributed by atoms with E-state index in [4.69, 9.17) is 30.9 Å². The van der Waals surface area contributed by atoms with E-state index in [1.165, 1.54) is 6.20 Å². The molecule has 12 heteroatoms. The number of rotatable bonds is 18. The standard InChI is InChI=1S/C39H37ClN6O5/c40-36-15-33(23-44-10-12-48)37(49-25-30-13-29(17-41)20-45-21-30)16-38(36)50-26-32-5-2-6-34(35(32)18-42)31-4-1-3-27(14-31)24-51-39-8-7-28(22-46-39)19-43-9-11-47/h1-8,13-16,20-22,43-44,47-48H,9-12,19,23-26H2. The second-order valence-electron chi connectivity index (χ2n) is 11.4. The zero-order valence-corrected chi connectivity index (χ0v) is 28.6. The van der Waals surface area contributed by atoms with Crippen molar-refractivity contribution in [3.63, 3.8) is 0 Å². The number of nitriles is 2. The summed E-state index contributed by atoms with van der Waals surface area (Å²) in [5, 5.41) is 44.3. The van der Waals surface area contributed by atoms with E-state index in [2.05, 4.69) is 32.7 Å². The summed E-state index contributed by atoms with van der Waals surface area (Å²) < 4.78 is 18.3. The van der Waals surface area contributed by atoms with Gasteiger partial charge in [-0.1, -0.05) is 54.1 Å². The quantitative estimate of drug-likeness (QED) is 0.0858. The fourth-order valence-electron chi connectivity index (χ4n) is 5.20. The molecule has 11 nitrogen and oxygen atoms in total. The molecular weight excluding hydrogens is 668 g/mol. The van der Waals surface area contributed by atoms with Crippen LogP contribution in [0.3, 0.4) is 0 Å². The SMILES string of the molecule is N#Cc1cncc(COc2cc(OCc3cccc(-c4cccc(COc5ccc(CNCCO)cn5)c4)c3C#N)c(Cl)cc2CNCCO)c1. The normalized spacial score (nSPS) is 10.7. The van der Waals surface area contributed by atoms with Gasteiger partial charge in [-0.2, -0.15) is 10.5 Å². The highest BCUT2D eigenvalue weighted by atomic mass is 35.5. The Hall–Kier alpha value is -5.53. The first-order chi connectivity index (χ1) is 25.0. The van der Waals surface area contributed by atoms with E-state index in [-0.39, 0.29) is 26.4 Å². The summed E-state index contributed by atoms with van der Waals surface area (Å²) in [5.41, 5.74) is 6.58. The van der Waals surface area contributed by atoms with Gasteiger partial charge in [0.25, 0.3) is 0 Å². The van der Waals surface area contributed by atoms with Crippen LogP contribution in [0.5, 0.6) is 17.4 Å². The van der Waals surface area contributed by atoms with Gasteiger partial charge in [0.2, 0.25) is 5.88 Å². The maximum atomic E-state index is 10.3. The number of nitrogens with zero attached hydrogens (tertiary/aromatic N) is 4. The second-order valence-corrected chi connectivity index (χ2v) is 11.8. The van der Waals surface area contributed by atoms with E-state index in [9.17, 15) is 15.6 Å². The number of hydrogen-bond acceptors (Lipinski definition) is 11. The van der Waals surface area contributed by atoms with Gasteiger partial charge in [-0.05, 0) is 40.5 Å². The monoisotopic (exact) mass is 704 g/mol. The molecule has 0 bridgehead atoms. The predicted octanol–water partition coefficient (Wildman–Crippen LogP) is 5.44. The van der Waals surface area contributed by atoms with Crippen LogP contribution >= 0.6 is 11.6 Å². The lowest BCUT2D eigenvalue weighted by Gasteiger charge is -2.17. The number of pyridine rings is 2. The molecule has 0 amide bonds. The topological polar surface area (TPSA) is 166 Å². The van der Waals surface area contributed by atoms with Crippen molar-refractivity contribution in [2.75, 3.05) is 26.3 Å². The molecule has 0 atom stereocenters. The summed E-state index contributed by atoms with van der Waals surface area (Å²) in [6.45, 7) is 2.50. The summed E-state index contributed by atoms with van der Waals surface area (Å²) in [6.07, 6.45) is 4.86. The van der Waals surface area contributed by atoms with Crippen LogP contribution in [0.4, 0.5) is 0 Å². The third-order valence-electron chi connectivity index (χ3n) is 7.72. The summed E-state index contributed by atoms with van der Waals surface area (Å²) in [6, 6.07) is 26.8. The Morgan fingerprint density at radius 1 is 0.686 bits per heavy atom. The van der Waals surface area contributed by atoms with Gasteiger partial charge in [-0.3, -0.25) is 4.98 Å². The number of aromatic nitrogens is 2. The molecule has 0 spiro atoms. The molecule has 0 unspecified atom stereocenters. The lowest BCUT2D eigenvalue weighted by atomic mass is 9.95. The van der Waals surface area contributed by atoms with Gasteiger partial charge in [0.05, 0.1) is 29.4 Å². The molecule has 5 aromatic rings. The van der Waals surface area contributed by atoms with Crippen molar-refractivity contribution in [1.82, 2.24) is 20.6 Å². The molecule has 0 saturated carbocycles. The van der Waals surface area contributed by atoms with Crippen molar-refractivity contribution in [2.24, 2.45) is 0 Å². The first-order valence-corrected chi connectivity index (χ1v) is 16.6. The highest BCUT2D eigenvalue weighted by Crippen LogP contribution is 2.35. The van der Waals surface area contributed by atoms with Crippen LogP contribution in [-0.2, 0) is 32.9 Å². The maximum Gasteiger partial charge on any atom is 0.213 e. The van der Waals surface area contributed by atoms with Crippen molar-refractivity contribution in [1.29, 1.82) is 10.5 Å². The Labute approximate surface area is 301 Å². The smallest absolute Gasteiger partial charge is 0.213 e. The molecule has 2 aromatic heterocycles. The molecular formula is C39H37ClN6O5. The Morgan fingerprint density at radius 3 is 2.24 bits per heavy atom. The lowest BCUT2D eigenvalue weighted by molar-refractivity contribution is 0.282. The summed E-state index contributed by atoms with van der Waals surface area (Å²) in [7, 11) is 0. The zero-order valence-electron chi connectivity index (χ0n) is 27.8. The van der Waals surface area contributed by atoms with E-state index >= 15 is 0 Å². The van der Waals surface area contributed by atoms with Crippen LogP contribution in [0.25, 0.3) is 11.1 Å². The van der Waals surface area contributed by atoms with Gasteiger partial charge in [0, 0.05) is 73.6 Å². The largest absolute Gasteiger partial charge is 0.488 e. The number of benzene rings is 3. The molecule has 51 heavy (non-hydrogen) atoms. The molecule has 0 aliphatic carbocycles. The molecule has 0 radical (unpaired) electrons. The van der Waals surface area contributed by atoms with Crippen molar-refractivity contribution >= 4 is 11.6 Å². The van der Waals surface area contributed by atoms with Gasteiger partial charge in [0.15, 0.2) is 0 Å². The summed E-state index contributed by atoms with van der Waals surface area (Å²) >= 11 is 6.67. The minimum absolute atomic E-state index is 0.0199. The Morgan fingerprint density at radius 2 is 1.47 bits per heavy atom. The lowest BCUT2D eigenvalue weighted by Crippen LogP contribution is -2.18. The van der Waals surface area contributed by atoms with Crippen LogP contribution in [0.15, 0.2) is 91.4 Å². The van der Waals surface area contributed by atoms with Crippen LogP contribution in [0.2, 0.25) is 5.02 Å². The highest BCUT2D eigenvalue weighted by molar-refractivity contribution is 6.32. The third-order valence-corrected chi connectivity index (χ3v) is 8.02. The number of halogens is 1. The van der Waals surface area contributed by atoms with Gasteiger partial charge in [0.1, 0.15) is 43.5 Å². The van der Waals surface area contributed by atoms with Crippen LogP contribution in [0, 0.1) is 22.7 Å². The molecule has 0 saturated heterocycles. The first-order valence-electron chi connectivity index (χ1n) is 16.3. The summed E-state index contributed by atoms with van der Waals surface area (Å²) in [5.74, 6) is 1.38. The average molecular weight is 705 g/mol. The van der Waals surface area contributed by atoms with Crippen molar-refractivity contribution in [2.45, 2.75) is 32.9 Å². The molecule has 5 rings (SSSR count). The number of aliphatic hydroxyl groups is 2. The van der Waals surface area contributed by atoms with Crippen LogP contribution < -0.4 is 24.8 Å². The van der Waals surface area contributed by atoms with Gasteiger partial charge < -0.3 is 35.1 Å². The maximum absolute atomic E-state index is 10.3. The minimum Gasteiger partial charge on any atom is -0.488 e. The molecule has 0 aliphatic rings. The fraction of sp³-hybridized carbons (Fsp3) is 0.231. The number of ether oxygens (including phenoxy) is 3. The van der Waals surface area contributed by atoms with Gasteiger partial charge in [-0.25, -0.2) is 4.98 Å². The van der Waals surface area contributed by atoms with Crippen molar-refractivity contribution < 1.29 is 24.4 Å². The van der Waals surface area contributed by atoms with Crippen LogP contribution in [0.1, 0.15) is 38.9 Å². The molecule has 0 fully saturated rings. The second kappa shape index (κ2) is 19.0. The van der Waals surface area contributed by atoms with E-state index in [1.807, 2.05) is 54.6 Å². The predicted molar refractivity (Wildman–Crippen MR) is 192 cm³/mol. The number of aliphatic hydroxyl groups excluding tert-OH is 2. The Balaban J connectivity index is 1.29. The fourth-order valence-corrected chi connectivity index (χ4v) is 5.44. The van der Waals surface area contributed by atoms with Crippen LogP contribution in [-0.4, -0.2) is 46.5 Å². The van der Waals surface area contributed by atoms with Crippen molar-refractivity contribution in [3.05, 3.63) is 135 Å². The number of nitrogens with one attached hydrogen (secondary N) is 2. The molecule has 3 aromatic carbocycles. The van der Waals surface area contributed by atoms with E-state index in [1.54, 1.807) is 30.6 Å². The minimum atomic E-state index is -0.0199. The Kier molecular flexibility index (Phi) is 13.7. The Bertz CT molecular complexity index is 1990. The number of hydrogen-bond donors (Lipinski definition) is 4. The highest BCUT2D eigenvalue weighted by Gasteiger charge is 2.15. The third kappa shape index (κ3) is 10.5. The zero-order chi connectivity index (χ0) is 35.8. The van der Waals surface area contributed by atoms with E-state index in [0.717, 1.165) is 33.4 Å². The molecule has 4 N–H and O–H groups in total. The molecule has 0 aliphatic heterocycles. The van der Waals surface area contributed by atoms with E-state index in [0.29, 0.717) is 71.9 Å². The molecule has 2 heterocycles. The average Bonchev–Trinajstić information content (AvgIpc) is 3.17. The molecule has 260 valence electrons. The van der Waals surface area contributed by atoms with Gasteiger partial charge in [-0.15, -0.1) is 0 Å². The summed E-state index contributed by atoms with van der Waals surface area (Å²) in [4.78, 5) is 8.48. The van der Waals surface area contributed by atoms with Crippen molar-refractivity contribution in [3.8, 4) is 40.6 Å². The first kappa shape index (κ1) is 36.7. The van der Waals surface area contributed by atoms with Gasteiger partial charge >= 0.3 is 0 Å².